The van der Waals surface area contributed by atoms with E-state index in [0.29, 0.717) is 38.2 Å². The zero-order valence-corrected chi connectivity index (χ0v) is 16.9. The highest BCUT2D eigenvalue weighted by Gasteiger charge is 2.28. The minimum absolute atomic E-state index is 0.0299. The van der Waals surface area contributed by atoms with Gasteiger partial charge in [0.1, 0.15) is 5.69 Å². The van der Waals surface area contributed by atoms with Crippen molar-refractivity contribution in [2.45, 2.75) is 63.5 Å². The largest absolute Gasteiger partial charge is 0.352 e. The molecule has 1 atom stereocenters. The molecule has 3 N–H and O–H groups in total. The molecule has 29 heavy (non-hydrogen) atoms. The van der Waals surface area contributed by atoms with Gasteiger partial charge in [-0.3, -0.25) is 14.6 Å². The van der Waals surface area contributed by atoms with Crippen molar-refractivity contribution in [2.75, 3.05) is 19.6 Å². The molecule has 1 aromatic rings. The number of likely N-dealkylation sites (tertiary alicyclic amines) is 1. The van der Waals surface area contributed by atoms with E-state index in [-0.39, 0.29) is 29.9 Å². The average molecular weight is 402 g/mol. The lowest BCUT2D eigenvalue weighted by atomic mass is 9.96. The summed E-state index contributed by atoms with van der Waals surface area (Å²) in [5.41, 5.74) is 0.428. The van der Waals surface area contributed by atoms with Crippen LogP contribution in [-0.4, -0.2) is 59.4 Å². The molecule has 1 aliphatic heterocycles. The Balaban J connectivity index is 1.28. The zero-order chi connectivity index (χ0) is 20.5. The molecular weight excluding hydrogens is 370 g/mol. The highest BCUT2D eigenvalue weighted by atomic mass is 16.2. The number of hydrogen-bond donors (Lipinski definition) is 3. The van der Waals surface area contributed by atoms with Gasteiger partial charge >= 0.3 is 6.03 Å². The van der Waals surface area contributed by atoms with Crippen LogP contribution in [0.1, 0.15) is 61.9 Å². The van der Waals surface area contributed by atoms with Crippen LogP contribution in [0, 0.1) is 0 Å². The summed E-state index contributed by atoms with van der Waals surface area (Å²) < 4.78 is 0. The van der Waals surface area contributed by atoms with Crippen LogP contribution in [-0.2, 0) is 4.79 Å². The Hall–Kier alpha value is -2.64. The molecule has 8 nitrogen and oxygen atoms in total. The lowest BCUT2D eigenvalue weighted by molar-refractivity contribution is -0.121. The van der Waals surface area contributed by atoms with Crippen LogP contribution in [0.25, 0.3) is 0 Å². The summed E-state index contributed by atoms with van der Waals surface area (Å²) in [6.07, 6.45) is 9.01. The molecular formula is C21H31N5O3. The number of nitrogens with one attached hydrogen (secondary N) is 3. The second-order valence-electron chi connectivity index (χ2n) is 7.86. The molecule has 2 fully saturated rings. The SMILES string of the molecule is O=C(CCCNC(=O)NC1CCCCC1)NC1CCN(C(=O)c2ccccn2)C1. The molecule has 1 aromatic heterocycles. The predicted molar refractivity (Wildman–Crippen MR) is 109 cm³/mol. The molecule has 1 saturated carbocycles. The van der Waals surface area contributed by atoms with E-state index in [1.807, 2.05) is 0 Å². The first-order valence-electron chi connectivity index (χ1n) is 10.7. The summed E-state index contributed by atoms with van der Waals surface area (Å²) in [6.45, 7) is 1.59. The topological polar surface area (TPSA) is 103 Å². The number of carbonyl (C=O) groups excluding carboxylic acids is 3. The normalized spacial score (nSPS) is 19.6. The number of urea groups is 1. The number of hydrogen-bond acceptors (Lipinski definition) is 4. The predicted octanol–water partition coefficient (Wildman–Crippen LogP) is 1.82. The average Bonchev–Trinajstić information content (AvgIpc) is 3.20. The number of aromatic nitrogens is 1. The van der Waals surface area contributed by atoms with Crippen molar-refractivity contribution < 1.29 is 14.4 Å². The summed E-state index contributed by atoms with van der Waals surface area (Å²) in [5.74, 6) is -0.146. The van der Waals surface area contributed by atoms with Gasteiger partial charge in [0, 0.05) is 44.3 Å². The molecule has 158 valence electrons. The first kappa shape index (κ1) is 21.1. The minimum Gasteiger partial charge on any atom is -0.352 e. The number of rotatable bonds is 7. The zero-order valence-electron chi connectivity index (χ0n) is 16.9. The molecule has 1 aliphatic carbocycles. The van der Waals surface area contributed by atoms with E-state index in [1.165, 1.54) is 19.3 Å². The smallest absolute Gasteiger partial charge is 0.315 e. The van der Waals surface area contributed by atoms with Gasteiger partial charge in [0.15, 0.2) is 0 Å². The van der Waals surface area contributed by atoms with Crippen molar-refractivity contribution in [3.05, 3.63) is 30.1 Å². The molecule has 0 spiro atoms. The summed E-state index contributed by atoms with van der Waals surface area (Å²) >= 11 is 0. The first-order valence-corrected chi connectivity index (χ1v) is 10.7. The van der Waals surface area contributed by atoms with E-state index in [0.717, 1.165) is 19.3 Å². The summed E-state index contributed by atoms with van der Waals surface area (Å²) in [7, 11) is 0. The fourth-order valence-electron chi connectivity index (χ4n) is 3.95. The van der Waals surface area contributed by atoms with Crippen LogP contribution in [0.15, 0.2) is 24.4 Å². The molecule has 3 rings (SSSR count). The maximum atomic E-state index is 12.4. The van der Waals surface area contributed by atoms with Gasteiger partial charge in [-0.2, -0.15) is 0 Å². The number of pyridine rings is 1. The summed E-state index contributed by atoms with van der Waals surface area (Å²) in [6, 6.07) is 5.38. The Morgan fingerprint density at radius 2 is 1.86 bits per heavy atom. The van der Waals surface area contributed by atoms with Crippen molar-refractivity contribution >= 4 is 17.8 Å². The van der Waals surface area contributed by atoms with Crippen LogP contribution >= 0.6 is 0 Å². The molecule has 0 aromatic carbocycles. The van der Waals surface area contributed by atoms with Gasteiger partial charge in [-0.25, -0.2) is 4.79 Å². The van der Waals surface area contributed by atoms with Crippen LogP contribution in [0.2, 0.25) is 0 Å². The van der Waals surface area contributed by atoms with Crippen molar-refractivity contribution in [1.29, 1.82) is 0 Å². The molecule has 0 radical (unpaired) electrons. The number of nitrogens with zero attached hydrogens (tertiary/aromatic N) is 2. The summed E-state index contributed by atoms with van der Waals surface area (Å²) in [5, 5.41) is 8.82. The second-order valence-corrected chi connectivity index (χ2v) is 7.86. The van der Waals surface area contributed by atoms with E-state index in [2.05, 4.69) is 20.9 Å². The van der Waals surface area contributed by atoms with Gasteiger partial charge in [-0.1, -0.05) is 25.3 Å². The van der Waals surface area contributed by atoms with Crippen LogP contribution < -0.4 is 16.0 Å². The Kier molecular flexibility index (Phi) is 7.84. The summed E-state index contributed by atoms with van der Waals surface area (Å²) in [4.78, 5) is 42.3. The molecule has 0 bridgehead atoms. The minimum atomic E-state index is -0.142. The Bertz CT molecular complexity index is 691. The maximum Gasteiger partial charge on any atom is 0.315 e. The van der Waals surface area contributed by atoms with Crippen LogP contribution in [0.4, 0.5) is 4.79 Å². The Morgan fingerprint density at radius 1 is 1.03 bits per heavy atom. The quantitative estimate of drug-likeness (QED) is 0.606. The third-order valence-electron chi connectivity index (χ3n) is 5.53. The van der Waals surface area contributed by atoms with E-state index in [4.69, 9.17) is 0 Å². The highest BCUT2D eigenvalue weighted by Crippen LogP contribution is 2.17. The Morgan fingerprint density at radius 3 is 2.62 bits per heavy atom. The lowest BCUT2D eigenvalue weighted by Crippen LogP contribution is -2.43. The van der Waals surface area contributed by atoms with Gasteiger partial charge in [0.05, 0.1) is 0 Å². The third kappa shape index (κ3) is 6.73. The molecule has 1 unspecified atom stereocenters. The van der Waals surface area contributed by atoms with Gasteiger partial charge < -0.3 is 20.9 Å². The number of amides is 4. The maximum absolute atomic E-state index is 12.4. The van der Waals surface area contributed by atoms with Crippen LogP contribution in [0.3, 0.4) is 0 Å². The second kappa shape index (κ2) is 10.8. The third-order valence-corrected chi connectivity index (χ3v) is 5.53. The first-order chi connectivity index (χ1) is 14.1. The fraction of sp³-hybridized carbons (Fsp3) is 0.619. The standard InChI is InChI=1S/C21H31N5O3/c27-19(10-6-13-23-21(29)25-16-7-2-1-3-8-16)24-17-11-14-26(15-17)20(28)18-9-4-5-12-22-18/h4-5,9,12,16-17H,1-3,6-8,10-11,13-15H2,(H,24,27)(H2,23,25,29). The van der Waals surface area contributed by atoms with E-state index < -0.39 is 0 Å². The molecule has 8 heteroatoms. The number of carbonyl (C=O) groups is 3. The monoisotopic (exact) mass is 401 g/mol. The molecule has 2 heterocycles. The van der Waals surface area contributed by atoms with Gasteiger partial charge in [-0.05, 0) is 37.8 Å². The van der Waals surface area contributed by atoms with E-state index in [9.17, 15) is 14.4 Å². The van der Waals surface area contributed by atoms with Crippen LogP contribution in [0.5, 0.6) is 0 Å². The van der Waals surface area contributed by atoms with Crippen molar-refractivity contribution in [3.63, 3.8) is 0 Å². The fourth-order valence-corrected chi connectivity index (χ4v) is 3.95. The van der Waals surface area contributed by atoms with E-state index >= 15 is 0 Å². The van der Waals surface area contributed by atoms with Gasteiger partial charge in [-0.15, -0.1) is 0 Å². The van der Waals surface area contributed by atoms with Crippen molar-refractivity contribution in [3.8, 4) is 0 Å². The molecule has 2 aliphatic rings. The van der Waals surface area contributed by atoms with E-state index in [1.54, 1.807) is 29.3 Å². The Labute approximate surface area is 171 Å². The molecule has 4 amide bonds. The van der Waals surface area contributed by atoms with Crippen molar-refractivity contribution in [2.24, 2.45) is 0 Å². The highest BCUT2D eigenvalue weighted by molar-refractivity contribution is 5.92. The lowest BCUT2D eigenvalue weighted by Gasteiger charge is -2.22. The van der Waals surface area contributed by atoms with Gasteiger partial charge in [0.25, 0.3) is 5.91 Å². The van der Waals surface area contributed by atoms with Crippen molar-refractivity contribution in [1.82, 2.24) is 25.8 Å². The molecule has 1 saturated heterocycles. The van der Waals surface area contributed by atoms with Gasteiger partial charge in [0.2, 0.25) is 5.91 Å².